The Hall–Kier alpha value is -3.18. The largest absolute Gasteiger partial charge is 0.363 e. The first-order valence-corrected chi connectivity index (χ1v) is 12.3. The summed E-state index contributed by atoms with van der Waals surface area (Å²) in [6.45, 7) is 3.90. The molecule has 0 fully saturated rings. The molecule has 1 heterocycles. The Kier molecular flexibility index (Phi) is 5.45. The Morgan fingerprint density at radius 2 is 1.52 bits per heavy atom. The van der Waals surface area contributed by atoms with Crippen LogP contribution in [0.1, 0.15) is 29.8 Å². The summed E-state index contributed by atoms with van der Waals surface area (Å²) in [6.07, 6.45) is 0. The summed E-state index contributed by atoms with van der Waals surface area (Å²) in [5, 5.41) is 1.03. The molecule has 0 aliphatic heterocycles. The number of hydrogen-bond acceptors (Lipinski definition) is 5. The van der Waals surface area contributed by atoms with Crippen molar-refractivity contribution in [1.82, 2.24) is 4.98 Å². The molecule has 166 valence electrons. The lowest BCUT2D eigenvalue weighted by molar-refractivity contribution is 0.104. The fourth-order valence-electron chi connectivity index (χ4n) is 4.36. The van der Waals surface area contributed by atoms with E-state index in [1.54, 1.807) is 44.2 Å². The van der Waals surface area contributed by atoms with E-state index >= 15 is 0 Å². The van der Waals surface area contributed by atoms with Crippen molar-refractivity contribution >= 4 is 29.6 Å². The first-order chi connectivity index (χ1) is 16.0. The third kappa shape index (κ3) is 3.42. The number of benzene rings is 3. The average molecular weight is 461 g/mol. The van der Waals surface area contributed by atoms with E-state index in [-0.39, 0.29) is 24.8 Å². The molecule has 0 amide bonds. The van der Waals surface area contributed by atoms with E-state index in [9.17, 15) is 13.8 Å². The van der Waals surface area contributed by atoms with E-state index in [2.05, 4.69) is 0 Å². The summed E-state index contributed by atoms with van der Waals surface area (Å²) in [5.74, 6) is -0.527. The molecule has 0 radical (unpaired) electrons. The predicted octanol–water partition coefficient (Wildman–Crippen LogP) is 6.14. The molecule has 4 aromatic rings. The Labute approximate surface area is 190 Å². The first kappa shape index (κ1) is 21.7. The summed E-state index contributed by atoms with van der Waals surface area (Å²) < 4.78 is 38.6. The summed E-state index contributed by atoms with van der Waals surface area (Å²) in [7, 11) is -3.67. The van der Waals surface area contributed by atoms with E-state index in [4.69, 9.17) is 14.0 Å². The smallest absolute Gasteiger partial charge is 0.305 e. The molecule has 33 heavy (non-hydrogen) atoms. The molecule has 0 spiro atoms. The first-order valence-electron chi connectivity index (χ1n) is 10.7. The summed E-state index contributed by atoms with van der Waals surface area (Å²) in [6, 6.07) is 18.5. The second kappa shape index (κ2) is 8.31. The van der Waals surface area contributed by atoms with Gasteiger partial charge in [-0.25, -0.2) is 9.37 Å². The molecule has 0 unspecified atom stereocenters. The maximum Gasteiger partial charge on any atom is 0.363 e. The van der Waals surface area contributed by atoms with Crippen molar-refractivity contribution in [3.63, 3.8) is 0 Å². The Bertz CT molecular complexity index is 1440. The summed E-state index contributed by atoms with van der Waals surface area (Å²) >= 11 is 0. The lowest BCUT2D eigenvalue weighted by Crippen LogP contribution is -2.14. The number of rotatable bonds is 6. The fourth-order valence-corrected chi connectivity index (χ4v) is 6.09. The van der Waals surface area contributed by atoms with Crippen LogP contribution >= 0.6 is 7.60 Å². The molecule has 1 aliphatic carbocycles. The van der Waals surface area contributed by atoms with Gasteiger partial charge in [-0.3, -0.25) is 9.36 Å². The number of ketones is 1. The van der Waals surface area contributed by atoms with Crippen molar-refractivity contribution in [3.05, 3.63) is 83.7 Å². The normalized spacial score (nSPS) is 12.8. The molecule has 7 heteroatoms. The predicted molar refractivity (Wildman–Crippen MR) is 126 cm³/mol. The van der Waals surface area contributed by atoms with Crippen LogP contribution in [-0.2, 0) is 13.6 Å². The molecule has 0 bridgehead atoms. The zero-order valence-electron chi connectivity index (χ0n) is 18.2. The molecule has 3 aromatic carbocycles. The van der Waals surface area contributed by atoms with Crippen molar-refractivity contribution in [2.24, 2.45) is 0 Å². The number of nitrogens with zero attached hydrogens (tertiary/aromatic N) is 1. The van der Waals surface area contributed by atoms with Crippen molar-refractivity contribution in [1.29, 1.82) is 0 Å². The maximum absolute atomic E-state index is 13.7. The van der Waals surface area contributed by atoms with E-state index < -0.39 is 7.60 Å². The second-order valence-electron chi connectivity index (χ2n) is 7.60. The standard InChI is InChI=1S/C26H21FNO4P/c1-3-31-33(30,32-4-2)21-11-7-10-20-22-18-8-5-6-9-19(18)26(29)23(22)24(28-25(20)21)16-12-14-17(27)15-13-16/h5-15H,3-4H2,1-2H3. The molecule has 1 aliphatic rings. The lowest BCUT2D eigenvalue weighted by atomic mass is 9.96. The topological polar surface area (TPSA) is 65.5 Å². The number of para-hydroxylation sites is 1. The molecule has 0 saturated carbocycles. The third-order valence-corrected chi connectivity index (χ3v) is 7.82. The minimum atomic E-state index is -3.67. The third-order valence-electron chi connectivity index (χ3n) is 5.67. The molecule has 0 saturated heterocycles. The highest BCUT2D eigenvalue weighted by molar-refractivity contribution is 7.62. The van der Waals surface area contributed by atoms with Gasteiger partial charge in [-0.15, -0.1) is 0 Å². The van der Waals surface area contributed by atoms with Crippen LogP contribution in [0.3, 0.4) is 0 Å². The zero-order chi connectivity index (χ0) is 23.2. The number of hydrogen-bond donors (Lipinski definition) is 0. The van der Waals surface area contributed by atoms with Gasteiger partial charge in [0.05, 0.1) is 35.3 Å². The Morgan fingerprint density at radius 1 is 0.848 bits per heavy atom. The minimum Gasteiger partial charge on any atom is -0.305 e. The van der Waals surface area contributed by atoms with Gasteiger partial charge in [-0.05, 0) is 49.7 Å². The van der Waals surface area contributed by atoms with Gasteiger partial charge in [0.15, 0.2) is 5.78 Å². The molecule has 0 atom stereocenters. The van der Waals surface area contributed by atoms with Gasteiger partial charge in [0, 0.05) is 22.1 Å². The summed E-state index contributed by atoms with van der Waals surface area (Å²) in [5.41, 5.74) is 3.97. The summed E-state index contributed by atoms with van der Waals surface area (Å²) in [4.78, 5) is 18.3. The Balaban J connectivity index is 1.92. The van der Waals surface area contributed by atoms with Crippen LogP contribution in [0.5, 0.6) is 0 Å². The fraction of sp³-hybridized carbons (Fsp3) is 0.154. The minimum absolute atomic E-state index is 0.141. The van der Waals surface area contributed by atoms with Gasteiger partial charge in [0.25, 0.3) is 0 Å². The van der Waals surface area contributed by atoms with Gasteiger partial charge in [-0.2, -0.15) is 0 Å². The van der Waals surface area contributed by atoms with Gasteiger partial charge >= 0.3 is 7.60 Å². The highest BCUT2D eigenvalue weighted by Gasteiger charge is 2.36. The second-order valence-corrected chi connectivity index (χ2v) is 9.59. The average Bonchev–Trinajstić information content (AvgIpc) is 3.12. The van der Waals surface area contributed by atoms with Gasteiger partial charge < -0.3 is 9.05 Å². The number of carbonyl (C=O) groups is 1. The number of fused-ring (bicyclic) bond motifs is 5. The van der Waals surface area contributed by atoms with Crippen LogP contribution in [0.15, 0.2) is 66.7 Å². The monoisotopic (exact) mass is 461 g/mol. The number of pyridine rings is 1. The van der Waals surface area contributed by atoms with Crippen LogP contribution < -0.4 is 5.30 Å². The van der Waals surface area contributed by atoms with Gasteiger partial charge in [0.1, 0.15) is 5.82 Å². The van der Waals surface area contributed by atoms with Crippen molar-refractivity contribution in [2.45, 2.75) is 13.8 Å². The van der Waals surface area contributed by atoms with Crippen LogP contribution in [0, 0.1) is 5.82 Å². The molecular formula is C26H21FNO4P. The molecule has 0 N–H and O–H groups in total. The molecule has 5 rings (SSSR count). The van der Waals surface area contributed by atoms with Crippen molar-refractivity contribution in [3.8, 4) is 22.4 Å². The van der Waals surface area contributed by atoms with Gasteiger partial charge in [-0.1, -0.05) is 36.4 Å². The number of halogens is 1. The number of carbonyl (C=O) groups excluding carboxylic acids is 1. The van der Waals surface area contributed by atoms with E-state index in [1.807, 2.05) is 24.3 Å². The van der Waals surface area contributed by atoms with Crippen LogP contribution in [0.4, 0.5) is 4.39 Å². The van der Waals surface area contributed by atoms with E-state index in [0.717, 1.165) is 11.1 Å². The van der Waals surface area contributed by atoms with Crippen LogP contribution in [-0.4, -0.2) is 24.0 Å². The van der Waals surface area contributed by atoms with Crippen LogP contribution in [0.2, 0.25) is 0 Å². The van der Waals surface area contributed by atoms with Crippen molar-refractivity contribution in [2.75, 3.05) is 13.2 Å². The van der Waals surface area contributed by atoms with E-state index in [0.29, 0.717) is 38.6 Å². The highest BCUT2D eigenvalue weighted by atomic mass is 31.2. The van der Waals surface area contributed by atoms with Gasteiger partial charge in [0.2, 0.25) is 0 Å². The molecule has 1 aromatic heterocycles. The van der Waals surface area contributed by atoms with Crippen LogP contribution in [0.25, 0.3) is 33.3 Å². The number of aromatic nitrogens is 1. The zero-order valence-corrected chi connectivity index (χ0v) is 19.1. The Morgan fingerprint density at radius 3 is 2.18 bits per heavy atom. The molecular weight excluding hydrogens is 440 g/mol. The molecule has 5 nitrogen and oxygen atoms in total. The highest BCUT2D eigenvalue weighted by Crippen LogP contribution is 2.51. The van der Waals surface area contributed by atoms with E-state index in [1.165, 1.54) is 12.1 Å². The van der Waals surface area contributed by atoms with Crippen molar-refractivity contribution < 1.29 is 22.8 Å². The maximum atomic E-state index is 13.7. The lowest BCUT2D eigenvalue weighted by Gasteiger charge is -2.20. The SMILES string of the molecule is CCOP(=O)(OCC)c1cccc2c3c(c(-c4ccc(F)cc4)nc12)C(=O)c1ccccc1-3. The quantitative estimate of drug-likeness (QED) is 0.284.